The van der Waals surface area contributed by atoms with Crippen molar-refractivity contribution in [1.82, 2.24) is 9.97 Å². The van der Waals surface area contributed by atoms with Crippen molar-refractivity contribution in [2.45, 2.75) is 6.92 Å². The highest BCUT2D eigenvalue weighted by Gasteiger charge is 2.01. The second kappa shape index (κ2) is 6.30. The standard InChI is InChI=1S/C10H15ClN4O/c1-7(2)6-16-4-3-13-9-8(12)5-14-10(11)15-9/h5H,1,3-4,6,12H2,2H3,(H,13,14,15). The number of rotatable bonds is 6. The zero-order valence-corrected chi connectivity index (χ0v) is 9.92. The fourth-order valence-electron chi connectivity index (χ4n) is 0.999. The molecule has 0 aliphatic rings. The van der Waals surface area contributed by atoms with Crippen molar-refractivity contribution in [3.8, 4) is 0 Å². The van der Waals surface area contributed by atoms with Crippen LogP contribution in [-0.4, -0.2) is 29.7 Å². The van der Waals surface area contributed by atoms with Gasteiger partial charge in [-0.2, -0.15) is 4.98 Å². The Balaban J connectivity index is 2.31. The van der Waals surface area contributed by atoms with E-state index in [9.17, 15) is 0 Å². The molecule has 3 N–H and O–H groups in total. The maximum absolute atomic E-state index is 5.65. The van der Waals surface area contributed by atoms with Gasteiger partial charge in [0.1, 0.15) is 0 Å². The molecule has 0 unspecified atom stereocenters. The molecule has 16 heavy (non-hydrogen) atoms. The SMILES string of the molecule is C=C(C)COCCNc1nc(Cl)ncc1N. The zero-order chi connectivity index (χ0) is 12.0. The van der Waals surface area contributed by atoms with Gasteiger partial charge in [0.2, 0.25) is 5.28 Å². The first-order chi connectivity index (χ1) is 7.59. The number of nitrogens with one attached hydrogen (secondary N) is 1. The van der Waals surface area contributed by atoms with E-state index in [1.807, 2.05) is 6.92 Å². The second-order valence-corrected chi connectivity index (χ2v) is 3.72. The lowest BCUT2D eigenvalue weighted by Crippen LogP contribution is -2.12. The largest absolute Gasteiger partial charge is 0.394 e. The predicted molar refractivity (Wildman–Crippen MR) is 65.6 cm³/mol. The first-order valence-corrected chi connectivity index (χ1v) is 5.21. The first-order valence-electron chi connectivity index (χ1n) is 4.83. The smallest absolute Gasteiger partial charge is 0.224 e. The maximum Gasteiger partial charge on any atom is 0.224 e. The highest BCUT2D eigenvalue weighted by Crippen LogP contribution is 2.15. The molecular weight excluding hydrogens is 228 g/mol. The monoisotopic (exact) mass is 242 g/mol. The number of anilines is 2. The molecule has 0 amide bonds. The minimum atomic E-state index is 0.166. The Kier molecular flexibility index (Phi) is 5.01. The molecule has 0 saturated carbocycles. The number of hydrogen-bond acceptors (Lipinski definition) is 5. The number of ether oxygens (including phenoxy) is 1. The molecule has 0 aliphatic carbocycles. The Morgan fingerprint density at radius 3 is 3.12 bits per heavy atom. The molecule has 1 heterocycles. The molecule has 1 aromatic rings. The van der Waals surface area contributed by atoms with Crippen LogP contribution in [0.15, 0.2) is 18.3 Å². The molecule has 6 heteroatoms. The minimum Gasteiger partial charge on any atom is -0.394 e. The Labute approximate surface area is 99.7 Å². The summed E-state index contributed by atoms with van der Waals surface area (Å²) >= 11 is 5.64. The molecular formula is C10H15ClN4O. The van der Waals surface area contributed by atoms with Gasteiger partial charge in [-0.1, -0.05) is 12.2 Å². The van der Waals surface area contributed by atoms with Crippen molar-refractivity contribution in [2.24, 2.45) is 0 Å². The summed E-state index contributed by atoms with van der Waals surface area (Å²) in [7, 11) is 0. The third-order valence-electron chi connectivity index (χ3n) is 1.67. The number of halogens is 1. The van der Waals surface area contributed by atoms with E-state index in [0.717, 1.165) is 5.57 Å². The van der Waals surface area contributed by atoms with Gasteiger partial charge in [-0.15, -0.1) is 0 Å². The van der Waals surface area contributed by atoms with Crippen LogP contribution in [-0.2, 0) is 4.74 Å². The van der Waals surface area contributed by atoms with Gasteiger partial charge in [0.25, 0.3) is 0 Å². The summed E-state index contributed by atoms with van der Waals surface area (Å²) in [4.78, 5) is 7.70. The van der Waals surface area contributed by atoms with Gasteiger partial charge in [0, 0.05) is 6.54 Å². The van der Waals surface area contributed by atoms with E-state index in [0.29, 0.717) is 31.3 Å². The van der Waals surface area contributed by atoms with Crippen molar-refractivity contribution >= 4 is 23.1 Å². The number of aromatic nitrogens is 2. The summed E-state index contributed by atoms with van der Waals surface area (Å²) in [6, 6.07) is 0. The van der Waals surface area contributed by atoms with E-state index in [2.05, 4.69) is 21.9 Å². The Bertz CT molecular complexity index is 370. The predicted octanol–water partition coefficient (Wildman–Crippen LogP) is 1.72. The summed E-state index contributed by atoms with van der Waals surface area (Å²) in [6.45, 7) is 7.35. The molecule has 0 saturated heterocycles. The topological polar surface area (TPSA) is 73.1 Å². The molecule has 88 valence electrons. The van der Waals surface area contributed by atoms with E-state index in [-0.39, 0.29) is 5.28 Å². The fraction of sp³-hybridized carbons (Fsp3) is 0.400. The van der Waals surface area contributed by atoms with Crippen LogP contribution < -0.4 is 11.1 Å². The normalized spacial score (nSPS) is 10.1. The van der Waals surface area contributed by atoms with Crippen LogP contribution in [0.2, 0.25) is 5.28 Å². The van der Waals surface area contributed by atoms with Gasteiger partial charge in [0.05, 0.1) is 25.1 Å². The second-order valence-electron chi connectivity index (χ2n) is 3.38. The lowest BCUT2D eigenvalue weighted by molar-refractivity contribution is 0.167. The van der Waals surface area contributed by atoms with Gasteiger partial charge >= 0.3 is 0 Å². The van der Waals surface area contributed by atoms with E-state index in [1.165, 1.54) is 6.20 Å². The van der Waals surface area contributed by atoms with Gasteiger partial charge in [-0.25, -0.2) is 4.98 Å². The van der Waals surface area contributed by atoms with E-state index < -0.39 is 0 Å². The fourth-order valence-corrected chi connectivity index (χ4v) is 1.13. The molecule has 1 rings (SSSR count). The van der Waals surface area contributed by atoms with E-state index in [1.54, 1.807) is 0 Å². The Morgan fingerprint density at radius 2 is 2.44 bits per heavy atom. The van der Waals surface area contributed by atoms with Crippen LogP contribution in [0.3, 0.4) is 0 Å². The third-order valence-corrected chi connectivity index (χ3v) is 1.86. The van der Waals surface area contributed by atoms with Crippen molar-refractivity contribution in [3.05, 3.63) is 23.6 Å². The summed E-state index contributed by atoms with van der Waals surface area (Å²) in [6.07, 6.45) is 1.46. The van der Waals surface area contributed by atoms with Crippen LogP contribution in [0.25, 0.3) is 0 Å². The highest BCUT2D eigenvalue weighted by molar-refractivity contribution is 6.28. The van der Waals surface area contributed by atoms with Crippen LogP contribution in [0, 0.1) is 0 Å². The van der Waals surface area contributed by atoms with Crippen LogP contribution >= 0.6 is 11.6 Å². The number of hydrogen-bond donors (Lipinski definition) is 2. The molecule has 0 aliphatic heterocycles. The maximum atomic E-state index is 5.65. The quantitative estimate of drug-likeness (QED) is 0.451. The van der Waals surface area contributed by atoms with E-state index >= 15 is 0 Å². The molecule has 0 atom stereocenters. The molecule has 1 aromatic heterocycles. The number of nitrogens with zero attached hydrogens (tertiary/aromatic N) is 2. The summed E-state index contributed by atoms with van der Waals surface area (Å²) in [5, 5.41) is 3.18. The first kappa shape index (κ1) is 12.7. The number of nitrogen functional groups attached to an aromatic ring is 1. The lowest BCUT2D eigenvalue weighted by Gasteiger charge is -2.08. The van der Waals surface area contributed by atoms with Crippen molar-refractivity contribution in [2.75, 3.05) is 30.8 Å². The molecule has 0 radical (unpaired) electrons. The summed E-state index contributed by atoms with van der Waals surface area (Å²) in [5.74, 6) is 0.527. The van der Waals surface area contributed by atoms with Gasteiger partial charge in [0.15, 0.2) is 5.82 Å². The van der Waals surface area contributed by atoms with Gasteiger partial charge in [-0.3, -0.25) is 0 Å². The van der Waals surface area contributed by atoms with Crippen molar-refractivity contribution < 1.29 is 4.74 Å². The Hall–Kier alpha value is -1.33. The van der Waals surface area contributed by atoms with Gasteiger partial charge < -0.3 is 15.8 Å². The summed E-state index contributed by atoms with van der Waals surface area (Å²) in [5.41, 5.74) is 7.10. The highest BCUT2D eigenvalue weighted by atomic mass is 35.5. The van der Waals surface area contributed by atoms with E-state index in [4.69, 9.17) is 22.1 Å². The molecule has 0 fully saturated rings. The molecule has 0 spiro atoms. The van der Waals surface area contributed by atoms with Crippen LogP contribution in [0.4, 0.5) is 11.5 Å². The Morgan fingerprint density at radius 1 is 1.69 bits per heavy atom. The van der Waals surface area contributed by atoms with Crippen LogP contribution in [0.1, 0.15) is 6.92 Å². The lowest BCUT2D eigenvalue weighted by atomic mass is 10.4. The van der Waals surface area contributed by atoms with Crippen molar-refractivity contribution in [1.29, 1.82) is 0 Å². The average Bonchev–Trinajstić information content (AvgIpc) is 2.22. The summed E-state index contributed by atoms with van der Waals surface area (Å²) < 4.78 is 5.31. The average molecular weight is 243 g/mol. The van der Waals surface area contributed by atoms with Crippen molar-refractivity contribution in [3.63, 3.8) is 0 Å². The molecule has 0 aromatic carbocycles. The van der Waals surface area contributed by atoms with Crippen LogP contribution in [0.5, 0.6) is 0 Å². The third kappa shape index (κ3) is 4.46. The molecule has 0 bridgehead atoms. The zero-order valence-electron chi connectivity index (χ0n) is 9.16. The molecule has 5 nitrogen and oxygen atoms in total. The number of nitrogens with two attached hydrogens (primary N) is 1. The van der Waals surface area contributed by atoms with Gasteiger partial charge in [-0.05, 0) is 18.5 Å². The minimum absolute atomic E-state index is 0.166.